The van der Waals surface area contributed by atoms with Crippen molar-refractivity contribution in [3.8, 4) is 5.75 Å². The fourth-order valence-corrected chi connectivity index (χ4v) is 4.61. The molecule has 0 radical (unpaired) electrons. The number of methoxy groups -OCH3 is 1. The number of carbonyl (C=O) groups is 1. The Morgan fingerprint density at radius 2 is 1.94 bits per heavy atom. The Labute approximate surface area is 184 Å². The highest BCUT2D eigenvalue weighted by atomic mass is 32.2. The van der Waals surface area contributed by atoms with E-state index in [1.54, 1.807) is 28.9 Å². The number of ether oxygens (including phenoxy) is 1. The minimum Gasteiger partial charge on any atom is -0.497 e. The van der Waals surface area contributed by atoms with E-state index in [1.807, 2.05) is 21.1 Å². The van der Waals surface area contributed by atoms with Gasteiger partial charge >= 0.3 is 12.1 Å². The van der Waals surface area contributed by atoms with Crippen LogP contribution in [0.1, 0.15) is 17.0 Å². The molecular weight excluding hydrogens is 453 g/mol. The fourth-order valence-electron chi connectivity index (χ4n) is 3.18. The number of aliphatic carboxylic acids is 1. The molecule has 2 heterocycles. The number of rotatable bonds is 5. The van der Waals surface area contributed by atoms with E-state index in [-0.39, 0.29) is 4.90 Å². The molecule has 13 heteroatoms. The summed E-state index contributed by atoms with van der Waals surface area (Å²) in [6, 6.07) is 6.60. The number of fused-ring (bicyclic) bond motifs is 1. The van der Waals surface area contributed by atoms with Gasteiger partial charge in [-0.3, -0.25) is 4.68 Å². The van der Waals surface area contributed by atoms with Gasteiger partial charge in [0.15, 0.2) is 0 Å². The van der Waals surface area contributed by atoms with Gasteiger partial charge in [-0.15, -0.1) is 0 Å². The third kappa shape index (κ3) is 5.99. The molecule has 1 aliphatic rings. The lowest BCUT2D eigenvalue weighted by molar-refractivity contribution is -0.192. The molecule has 32 heavy (non-hydrogen) atoms. The molecule has 1 aromatic carbocycles. The minimum atomic E-state index is -5.08. The monoisotopic (exact) mass is 478 g/mol. The van der Waals surface area contributed by atoms with Gasteiger partial charge in [-0.25, -0.2) is 13.2 Å². The second-order valence-corrected chi connectivity index (χ2v) is 9.24. The number of nitrogens with zero attached hydrogens (tertiary/aromatic N) is 4. The molecule has 0 spiro atoms. The largest absolute Gasteiger partial charge is 0.497 e. The van der Waals surface area contributed by atoms with Crippen molar-refractivity contribution in [2.45, 2.75) is 30.6 Å². The summed E-state index contributed by atoms with van der Waals surface area (Å²) in [4.78, 5) is 11.2. The van der Waals surface area contributed by atoms with Gasteiger partial charge in [-0.2, -0.15) is 22.6 Å². The number of hydrogen-bond acceptors (Lipinski definition) is 6. The summed E-state index contributed by atoms with van der Waals surface area (Å²) in [6.45, 7) is 1.55. The van der Waals surface area contributed by atoms with Gasteiger partial charge in [0.05, 0.1) is 29.9 Å². The van der Waals surface area contributed by atoms with Crippen molar-refractivity contribution >= 4 is 16.0 Å². The first-order valence-electron chi connectivity index (χ1n) is 9.40. The number of benzene rings is 1. The highest BCUT2D eigenvalue weighted by molar-refractivity contribution is 7.89. The maximum atomic E-state index is 13.0. The smallest absolute Gasteiger partial charge is 0.490 e. The summed E-state index contributed by atoms with van der Waals surface area (Å²) in [5.74, 6) is -2.22. The van der Waals surface area contributed by atoms with Crippen molar-refractivity contribution < 1.29 is 36.2 Å². The fraction of sp³-hybridized carbons (Fsp3) is 0.474. The molecule has 0 amide bonds. The second kappa shape index (κ2) is 9.88. The number of aromatic nitrogens is 2. The zero-order valence-corrected chi connectivity index (χ0v) is 18.9. The van der Waals surface area contributed by atoms with Crippen molar-refractivity contribution in [2.75, 3.05) is 27.7 Å². The van der Waals surface area contributed by atoms with Crippen molar-refractivity contribution in [3.63, 3.8) is 0 Å². The third-order valence-corrected chi connectivity index (χ3v) is 6.52. The summed E-state index contributed by atoms with van der Waals surface area (Å²) in [5, 5.41) is 11.7. The van der Waals surface area contributed by atoms with Crippen LogP contribution in [-0.4, -0.2) is 72.4 Å². The number of hydrogen-bond donors (Lipinski definition) is 1. The SMILES string of the molecule is COc1cccc(S(=O)(=O)N2CCc3c(CN(C)C)nn(C)c3C2)c1.O=C(O)C(F)(F)F. The molecule has 0 bridgehead atoms. The van der Waals surface area contributed by atoms with Crippen LogP contribution in [-0.2, 0) is 41.4 Å². The van der Waals surface area contributed by atoms with Gasteiger partial charge in [0.2, 0.25) is 10.0 Å². The van der Waals surface area contributed by atoms with Gasteiger partial charge < -0.3 is 14.7 Å². The minimum absolute atomic E-state index is 0.256. The van der Waals surface area contributed by atoms with E-state index in [0.29, 0.717) is 25.3 Å². The van der Waals surface area contributed by atoms with Crippen LogP contribution in [0.3, 0.4) is 0 Å². The number of sulfonamides is 1. The molecule has 0 saturated heterocycles. The first-order chi connectivity index (χ1) is 14.8. The van der Waals surface area contributed by atoms with Crippen LogP contribution in [0.2, 0.25) is 0 Å². The Morgan fingerprint density at radius 1 is 1.31 bits per heavy atom. The van der Waals surface area contributed by atoms with E-state index in [4.69, 9.17) is 14.6 Å². The number of carboxylic acid groups (broad SMARTS) is 1. The normalized spacial score (nSPS) is 14.5. The Hall–Kier alpha value is -2.64. The maximum absolute atomic E-state index is 13.0. The molecule has 0 fully saturated rings. The van der Waals surface area contributed by atoms with E-state index in [2.05, 4.69) is 10.00 Å². The predicted octanol–water partition coefficient (Wildman–Crippen LogP) is 1.87. The Balaban J connectivity index is 0.000000451. The standard InChI is InChI=1S/C17H24N4O3S.C2HF3O2/c1-19(2)11-16-15-8-9-21(12-17(15)20(3)18-16)25(22,23)14-7-5-6-13(10-14)24-4;3-2(4,5)1(6)7/h5-7,10H,8-9,11-12H2,1-4H3;(H,6,7). The number of alkyl halides is 3. The lowest BCUT2D eigenvalue weighted by atomic mass is 10.1. The molecule has 1 aromatic heterocycles. The topological polar surface area (TPSA) is 105 Å². The molecule has 0 aliphatic carbocycles. The van der Waals surface area contributed by atoms with Crippen molar-refractivity contribution in [1.29, 1.82) is 0 Å². The zero-order valence-electron chi connectivity index (χ0n) is 18.0. The van der Waals surface area contributed by atoms with Gasteiger partial charge in [0, 0.05) is 31.8 Å². The van der Waals surface area contributed by atoms with Crippen LogP contribution in [0.15, 0.2) is 29.2 Å². The van der Waals surface area contributed by atoms with Crippen molar-refractivity contribution in [2.24, 2.45) is 7.05 Å². The van der Waals surface area contributed by atoms with Crippen molar-refractivity contribution in [3.05, 3.63) is 41.2 Å². The second-order valence-electron chi connectivity index (χ2n) is 7.30. The van der Waals surface area contributed by atoms with Crippen LogP contribution in [0.4, 0.5) is 13.2 Å². The molecule has 1 aliphatic heterocycles. The van der Waals surface area contributed by atoms with E-state index < -0.39 is 22.2 Å². The highest BCUT2D eigenvalue weighted by Crippen LogP contribution is 2.28. The predicted molar refractivity (Wildman–Crippen MR) is 109 cm³/mol. The Kier molecular flexibility index (Phi) is 7.91. The average Bonchev–Trinajstić information content (AvgIpc) is 3.02. The Bertz CT molecular complexity index is 1070. The molecule has 1 N–H and O–H groups in total. The van der Waals surface area contributed by atoms with Crippen LogP contribution in [0, 0.1) is 0 Å². The summed E-state index contributed by atoms with van der Waals surface area (Å²) < 4.78 is 66.2. The van der Waals surface area contributed by atoms with Crippen LogP contribution < -0.4 is 4.74 Å². The number of aryl methyl sites for hydroxylation is 1. The van der Waals surface area contributed by atoms with E-state index in [0.717, 1.165) is 17.9 Å². The molecule has 3 rings (SSSR count). The van der Waals surface area contributed by atoms with Crippen molar-refractivity contribution in [1.82, 2.24) is 19.0 Å². The third-order valence-electron chi connectivity index (χ3n) is 4.68. The highest BCUT2D eigenvalue weighted by Gasteiger charge is 2.38. The zero-order chi connectivity index (χ0) is 24.3. The van der Waals surface area contributed by atoms with Gasteiger partial charge in [0.1, 0.15) is 5.75 Å². The summed E-state index contributed by atoms with van der Waals surface area (Å²) in [5.41, 5.74) is 3.17. The van der Waals surface area contributed by atoms with E-state index >= 15 is 0 Å². The van der Waals surface area contributed by atoms with Gasteiger partial charge in [-0.05, 0) is 32.6 Å². The lowest BCUT2D eigenvalue weighted by Crippen LogP contribution is -2.36. The molecule has 0 unspecified atom stereocenters. The molecule has 0 atom stereocenters. The van der Waals surface area contributed by atoms with Gasteiger partial charge in [0.25, 0.3) is 0 Å². The molecule has 178 valence electrons. The van der Waals surface area contributed by atoms with Gasteiger partial charge in [-0.1, -0.05) is 6.07 Å². The quantitative estimate of drug-likeness (QED) is 0.700. The maximum Gasteiger partial charge on any atom is 0.490 e. The summed E-state index contributed by atoms with van der Waals surface area (Å²) >= 11 is 0. The Morgan fingerprint density at radius 3 is 2.47 bits per heavy atom. The molecule has 2 aromatic rings. The summed E-state index contributed by atoms with van der Waals surface area (Å²) in [7, 11) is 3.84. The number of halogens is 3. The van der Waals surface area contributed by atoms with Crippen LogP contribution in [0.25, 0.3) is 0 Å². The molecular formula is C19H25F3N4O5S. The first kappa shape index (κ1) is 25.6. The molecule has 0 saturated carbocycles. The van der Waals surface area contributed by atoms with Crippen LogP contribution in [0.5, 0.6) is 5.75 Å². The van der Waals surface area contributed by atoms with E-state index in [9.17, 15) is 21.6 Å². The average molecular weight is 478 g/mol. The first-order valence-corrected chi connectivity index (χ1v) is 10.8. The molecule has 9 nitrogen and oxygen atoms in total. The number of carboxylic acids is 1. The van der Waals surface area contributed by atoms with Crippen LogP contribution >= 0.6 is 0 Å². The lowest BCUT2D eigenvalue weighted by Gasteiger charge is -2.27. The summed E-state index contributed by atoms with van der Waals surface area (Å²) in [6.07, 6.45) is -4.41. The van der Waals surface area contributed by atoms with E-state index in [1.165, 1.54) is 17.0 Å².